The van der Waals surface area contributed by atoms with Crippen molar-refractivity contribution in [2.24, 2.45) is 0 Å². The number of carboxylic acids is 1. The lowest BCUT2D eigenvalue weighted by Gasteiger charge is -2.13. The molecule has 1 unspecified atom stereocenters. The van der Waals surface area contributed by atoms with Gasteiger partial charge in [-0.15, -0.1) is 0 Å². The molecule has 1 atom stereocenters. The highest BCUT2D eigenvalue weighted by Gasteiger charge is 2.21. The van der Waals surface area contributed by atoms with E-state index in [1.165, 1.54) is 0 Å². The van der Waals surface area contributed by atoms with Crippen LogP contribution >= 0.6 is 0 Å². The van der Waals surface area contributed by atoms with Crippen LogP contribution in [0.15, 0.2) is 24.5 Å². The number of nitrogens with zero attached hydrogens (tertiary/aromatic N) is 1. The number of fused-ring (bicyclic) bond motifs is 1. The van der Waals surface area contributed by atoms with Crippen molar-refractivity contribution < 1.29 is 14.7 Å². The Hall–Kier alpha value is -2.37. The highest BCUT2D eigenvalue weighted by atomic mass is 16.4. The first kappa shape index (κ1) is 14.0. The lowest BCUT2D eigenvalue weighted by molar-refractivity contribution is -0.139. The van der Waals surface area contributed by atoms with Crippen molar-refractivity contribution in [3.63, 3.8) is 0 Å². The smallest absolute Gasteiger partial charge is 0.326 e. The molecule has 0 aliphatic rings. The van der Waals surface area contributed by atoms with Crippen molar-refractivity contribution in [2.75, 3.05) is 0 Å². The Morgan fingerprint density at radius 3 is 3.00 bits per heavy atom. The van der Waals surface area contributed by atoms with Gasteiger partial charge in [0.25, 0.3) is 5.91 Å². The van der Waals surface area contributed by atoms with Crippen LogP contribution in [0.1, 0.15) is 36.5 Å². The number of rotatable bonds is 6. The Labute approximate surface area is 116 Å². The van der Waals surface area contributed by atoms with Crippen molar-refractivity contribution in [1.29, 1.82) is 0 Å². The lowest BCUT2D eigenvalue weighted by atomic mass is 10.1. The van der Waals surface area contributed by atoms with Crippen LogP contribution in [-0.4, -0.2) is 33.0 Å². The van der Waals surface area contributed by atoms with Crippen molar-refractivity contribution >= 4 is 22.9 Å². The molecule has 0 saturated heterocycles. The average Bonchev–Trinajstić information content (AvgIpc) is 2.87. The molecular formula is C14H17N3O3. The molecule has 2 heterocycles. The molecule has 2 aromatic rings. The first-order valence-corrected chi connectivity index (χ1v) is 6.59. The summed E-state index contributed by atoms with van der Waals surface area (Å²) in [5.41, 5.74) is 1.02. The van der Waals surface area contributed by atoms with Crippen molar-refractivity contribution in [1.82, 2.24) is 15.3 Å². The van der Waals surface area contributed by atoms with Gasteiger partial charge in [0, 0.05) is 17.8 Å². The lowest BCUT2D eigenvalue weighted by Crippen LogP contribution is -2.40. The third kappa shape index (κ3) is 2.96. The fraction of sp³-hybridized carbons (Fsp3) is 0.357. The maximum atomic E-state index is 12.2. The van der Waals surface area contributed by atoms with E-state index in [0.717, 1.165) is 12.8 Å². The Kier molecular flexibility index (Phi) is 4.34. The SMILES string of the molecule is CCCCC(NC(=O)c1c[nH]c2ncccc12)C(=O)O. The molecule has 0 aliphatic carbocycles. The number of carbonyl (C=O) groups is 2. The normalized spacial score (nSPS) is 12.2. The number of amides is 1. The summed E-state index contributed by atoms with van der Waals surface area (Å²) in [6.07, 6.45) is 5.25. The van der Waals surface area contributed by atoms with Gasteiger partial charge in [-0.25, -0.2) is 9.78 Å². The molecular weight excluding hydrogens is 258 g/mol. The predicted octanol–water partition coefficient (Wildman–Crippen LogP) is 1.94. The van der Waals surface area contributed by atoms with E-state index in [9.17, 15) is 9.59 Å². The second-order valence-corrected chi connectivity index (χ2v) is 4.61. The van der Waals surface area contributed by atoms with Crippen LogP contribution in [0, 0.1) is 0 Å². The minimum Gasteiger partial charge on any atom is -0.480 e. The van der Waals surface area contributed by atoms with E-state index >= 15 is 0 Å². The van der Waals surface area contributed by atoms with E-state index < -0.39 is 17.9 Å². The number of hydrogen-bond donors (Lipinski definition) is 3. The van der Waals surface area contributed by atoms with Gasteiger partial charge in [-0.1, -0.05) is 19.8 Å². The highest BCUT2D eigenvalue weighted by Crippen LogP contribution is 2.15. The summed E-state index contributed by atoms with van der Waals surface area (Å²) in [4.78, 5) is 30.3. The summed E-state index contributed by atoms with van der Waals surface area (Å²) < 4.78 is 0. The molecule has 106 valence electrons. The van der Waals surface area contributed by atoms with Crippen LogP contribution in [0.3, 0.4) is 0 Å². The van der Waals surface area contributed by atoms with Crippen LogP contribution < -0.4 is 5.32 Å². The molecule has 6 heteroatoms. The Morgan fingerprint density at radius 1 is 1.50 bits per heavy atom. The van der Waals surface area contributed by atoms with Gasteiger partial charge < -0.3 is 15.4 Å². The van der Waals surface area contributed by atoms with E-state index in [1.807, 2.05) is 6.92 Å². The molecule has 0 aliphatic heterocycles. The zero-order valence-corrected chi connectivity index (χ0v) is 11.2. The number of aromatic nitrogens is 2. The molecule has 2 aromatic heterocycles. The first-order chi connectivity index (χ1) is 9.63. The van der Waals surface area contributed by atoms with Gasteiger partial charge in [-0.05, 0) is 18.6 Å². The fourth-order valence-electron chi connectivity index (χ4n) is 2.05. The maximum absolute atomic E-state index is 12.2. The number of carboxylic acid groups (broad SMARTS) is 1. The van der Waals surface area contributed by atoms with E-state index in [0.29, 0.717) is 23.0 Å². The van der Waals surface area contributed by atoms with E-state index in [2.05, 4.69) is 15.3 Å². The number of unbranched alkanes of at least 4 members (excludes halogenated alkanes) is 1. The molecule has 0 radical (unpaired) electrons. The Bertz CT molecular complexity index is 621. The quantitative estimate of drug-likeness (QED) is 0.750. The molecule has 0 aromatic carbocycles. The van der Waals surface area contributed by atoms with Gasteiger partial charge in [0.1, 0.15) is 11.7 Å². The van der Waals surface area contributed by atoms with Crippen LogP contribution in [0.2, 0.25) is 0 Å². The number of aliphatic carboxylic acids is 1. The van der Waals surface area contributed by atoms with E-state index in [1.54, 1.807) is 24.5 Å². The summed E-state index contributed by atoms with van der Waals surface area (Å²) in [5.74, 6) is -1.41. The van der Waals surface area contributed by atoms with Gasteiger partial charge in [-0.2, -0.15) is 0 Å². The molecule has 2 rings (SSSR count). The van der Waals surface area contributed by atoms with Crippen LogP contribution in [0.4, 0.5) is 0 Å². The fourth-order valence-corrected chi connectivity index (χ4v) is 2.05. The monoisotopic (exact) mass is 275 g/mol. The minimum absolute atomic E-state index is 0.396. The molecule has 0 spiro atoms. The van der Waals surface area contributed by atoms with Gasteiger partial charge in [0.05, 0.1) is 5.56 Å². The zero-order chi connectivity index (χ0) is 14.5. The standard InChI is InChI=1S/C14H17N3O3/c1-2-3-6-11(14(19)20)17-13(18)10-8-16-12-9(10)5-4-7-15-12/h4-5,7-8,11H,2-3,6H2,1H3,(H,15,16)(H,17,18)(H,19,20). The van der Waals surface area contributed by atoms with Crippen molar-refractivity contribution in [3.8, 4) is 0 Å². The van der Waals surface area contributed by atoms with Gasteiger partial charge in [-0.3, -0.25) is 4.79 Å². The summed E-state index contributed by atoms with van der Waals surface area (Å²) in [7, 11) is 0. The Morgan fingerprint density at radius 2 is 2.30 bits per heavy atom. The topological polar surface area (TPSA) is 95.1 Å². The number of carbonyl (C=O) groups excluding carboxylic acids is 1. The minimum atomic E-state index is -1.01. The van der Waals surface area contributed by atoms with Gasteiger partial charge >= 0.3 is 5.97 Å². The first-order valence-electron chi connectivity index (χ1n) is 6.59. The number of H-pyrrole nitrogens is 1. The molecule has 1 amide bonds. The Balaban J connectivity index is 2.16. The zero-order valence-electron chi connectivity index (χ0n) is 11.2. The van der Waals surface area contributed by atoms with Crippen LogP contribution in [0.5, 0.6) is 0 Å². The van der Waals surface area contributed by atoms with Crippen molar-refractivity contribution in [2.45, 2.75) is 32.2 Å². The molecule has 6 nitrogen and oxygen atoms in total. The molecule has 0 bridgehead atoms. The summed E-state index contributed by atoms with van der Waals surface area (Å²) in [6.45, 7) is 1.98. The number of aromatic amines is 1. The largest absolute Gasteiger partial charge is 0.480 e. The average molecular weight is 275 g/mol. The summed E-state index contributed by atoms with van der Waals surface area (Å²) in [5, 5.41) is 12.4. The highest BCUT2D eigenvalue weighted by molar-refractivity contribution is 6.06. The van der Waals surface area contributed by atoms with E-state index in [-0.39, 0.29) is 0 Å². The molecule has 20 heavy (non-hydrogen) atoms. The van der Waals surface area contributed by atoms with Crippen molar-refractivity contribution in [3.05, 3.63) is 30.1 Å². The second kappa shape index (κ2) is 6.18. The van der Waals surface area contributed by atoms with Gasteiger partial charge in [0.2, 0.25) is 0 Å². The number of pyridine rings is 1. The maximum Gasteiger partial charge on any atom is 0.326 e. The summed E-state index contributed by atoms with van der Waals surface area (Å²) in [6, 6.07) is 2.65. The third-order valence-electron chi connectivity index (χ3n) is 3.15. The molecule has 3 N–H and O–H groups in total. The van der Waals surface area contributed by atoms with Gasteiger partial charge in [0.15, 0.2) is 0 Å². The number of hydrogen-bond acceptors (Lipinski definition) is 3. The van der Waals surface area contributed by atoms with Crippen LogP contribution in [-0.2, 0) is 4.79 Å². The third-order valence-corrected chi connectivity index (χ3v) is 3.15. The second-order valence-electron chi connectivity index (χ2n) is 4.61. The molecule has 0 saturated carbocycles. The predicted molar refractivity (Wildman–Crippen MR) is 74.5 cm³/mol. The number of nitrogens with one attached hydrogen (secondary N) is 2. The van der Waals surface area contributed by atoms with Crippen LogP contribution in [0.25, 0.3) is 11.0 Å². The molecule has 0 fully saturated rings. The summed E-state index contributed by atoms with van der Waals surface area (Å²) >= 11 is 0. The van der Waals surface area contributed by atoms with E-state index in [4.69, 9.17) is 5.11 Å².